The highest BCUT2D eigenvalue weighted by atomic mass is 79.9. The van der Waals surface area contributed by atoms with Gasteiger partial charge in [-0.2, -0.15) is 0 Å². The molecule has 1 N–H and O–H groups in total. The van der Waals surface area contributed by atoms with Gasteiger partial charge in [0.15, 0.2) is 8.32 Å². The fourth-order valence-electron chi connectivity index (χ4n) is 2.02. The van der Waals surface area contributed by atoms with Gasteiger partial charge < -0.3 is 4.80 Å². The third-order valence-corrected chi connectivity index (χ3v) is 5.67. The molecule has 0 aliphatic carbocycles. The first-order chi connectivity index (χ1) is 7.95. The summed E-state index contributed by atoms with van der Waals surface area (Å²) in [5.74, 6) is 0. The zero-order chi connectivity index (χ0) is 13.1. The molecule has 1 atom stereocenters. The van der Waals surface area contributed by atoms with Crippen molar-refractivity contribution in [2.45, 2.75) is 88.7 Å². The summed E-state index contributed by atoms with van der Waals surface area (Å²) in [4.78, 5) is 10.5. The molecule has 3 heteroatoms. The van der Waals surface area contributed by atoms with Crippen LogP contribution in [0.5, 0.6) is 0 Å². The van der Waals surface area contributed by atoms with Crippen LogP contribution in [0.4, 0.5) is 0 Å². The van der Waals surface area contributed by atoms with E-state index in [-0.39, 0.29) is 0 Å². The molecule has 104 valence electrons. The molecule has 17 heavy (non-hydrogen) atoms. The van der Waals surface area contributed by atoms with E-state index in [1.54, 1.807) is 0 Å². The largest absolute Gasteiger partial charge is 0.432 e. The van der Waals surface area contributed by atoms with Crippen molar-refractivity contribution in [3.63, 3.8) is 0 Å². The summed E-state index contributed by atoms with van der Waals surface area (Å²) >= 11 is 3.76. The molecule has 0 aromatic carbocycles. The number of hydrogen-bond donors (Lipinski definition) is 1. The normalized spacial score (nSPS) is 13.9. The molecule has 0 heterocycles. The number of unbranched alkanes of at least 4 members (excludes halogenated alkanes) is 5. The molecule has 0 amide bonds. The van der Waals surface area contributed by atoms with Crippen molar-refractivity contribution < 1.29 is 4.80 Å². The van der Waals surface area contributed by atoms with Crippen LogP contribution in [0.2, 0.25) is 19.1 Å². The van der Waals surface area contributed by atoms with Crippen LogP contribution in [0.1, 0.15) is 64.7 Å². The zero-order valence-electron chi connectivity index (χ0n) is 12.0. The molecule has 1 nitrogen and oxygen atoms in total. The molecule has 0 aliphatic rings. The highest BCUT2D eigenvalue weighted by Gasteiger charge is 2.15. The first-order valence-electron chi connectivity index (χ1n) is 7.32. The summed E-state index contributed by atoms with van der Waals surface area (Å²) in [5.41, 5.74) is 0. The summed E-state index contributed by atoms with van der Waals surface area (Å²) in [6.07, 6.45) is 11.9. The van der Waals surface area contributed by atoms with E-state index in [9.17, 15) is 4.80 Å². The number of halogens is 1. The second-order valence-electron chi connectivity index (χ2n) is 5.86. The molecule has 0 aromatic heterocycles. The second-order valence-corrected chi connectivity index (χ2v) is 11.3. The Bertz CT molecular complexity index is 168. The van der Waals surface area contributed by atoms with Gasteiger partial charge in [-0.3, -0.25) is 0 Å². The Kier molecular flexibility index (Phi) is 11.0. The van der Waals surface area contributed by atoms with Crippen LogP contribution in [-0.2, 0) is 0 Å². The maximum absolute atomic E-state index is 9.71. The van der Waals surface area contributed by atoms with E-state index in [2.05, 4.69) is 22.9 Å². The fourth-order valence-corrected chi connectivity index (χ4v) is 3.79. The molecule has 1 unspecified atom stereocenters. The van der Waals surface area contributed by atoms with Crippen LogP contribution in [0.15, 0.2) is 0 Å². The van der Waals surface area contributed by atoms with Gasteiger partial charge in [-0.05, 0) is 32.0 Å². The number of alkyl halides is 1. The first kappa shape index (κ1) is 17.7. The molecular formula is C14H31BrOSi. The van der Waals surface area contributed by atoms with Crippen molar-refractivity contribution in [3.05, 3.63) is 0 Å². The number of rotatable bonds is 11. The third-order valence-electron chi connectivity index (χ3n) is 3.18. The first-order valence-corrected chi connectivity index (χ1v) is 11.4. The molecule has 0 aromatic rings. The van der Waals surface area contributed by atoms with Gasteiger partial charge in [-0.15, -0.1) is 0 Å². The molecule has 0 spiro atoms. The van der Waals surface area contributed by atoms with Gasteiger partial charge in [0.05, 0.1) is 0 Å². The Morgan fingerprint density at radius 1 is 0.941 bits per heavy atom. The predicted octanol–water partition coefficient (Wildman–Crippen LogP) is 5.48. The average molecular weight is 323 g/mol. The maximum atomic E-state index is 9.71. The van der Waals surface area contributed by atoms with Crippen LogP contribution in [0.25, 0.3) is 0 Å². The minimum absolute atomic E-state index is 0.742. The lowest BCUT2D eigenvalue weighted by Gasteiger charge is -2.13. The van der Waals surface area contributed by atoms with E-state index in [0.29, 0.717) is 0 Å². The Labute approximate surface area is 118 Å². The van der Waals surface area contributed by atoms with Gasteiger partial charge in [0, 0.05) is 4.83 Å². The van der Waals surface area contributed by atoms with E-state index in [0.717, 1.165) is 10.9 Å². The van der Waals surface area contributed by atoms with Crippen molar-refractivity contribution in [2.75, 3.05) is 0 Å². The van der Waals surface area contributed by atoms with Crippen molar-refractivity contribution in [3.8, 4) is 0 Å². The van der Waals surface area contributed by atoms with E-state index in [4.69, 9.17) is 0 Å². The van der Waals surface area contributed by atoms with Crippen LogP contribution >= 0.6 is 15.9 Å². The quantitative estimate of drug-likeness (QED) is 0.303. The average Bonchev–Trinajstić information content (AvgIpc) is 2.23. The topological polar surface area (TPSA) is 20.2 Å². The molecule has 0 aliphatic heterocycles. The highest BCUT2D eigenvalue weighted by molar-refractivity contribution is 9.09. The fraction of sp³-hybridized carbons (Fsp3) is 1.00. The molecule has 0 bridgehead atoms. The van der Waals surface area contributed by atoms with Gasteiger partial charge in [0.25, 0.3) is 0 Å². The van der Waals surface area contributed by atoms with Crippen LogP contribution < -0.4 is 0 Å². The van der Waals surface area contributed by atoms with E-state index in [1.165, 1.54) is 57.8 Å². The van der Waals surface area contributed by atoms with Crippen molar-refractivity contribution in [1.29, 1.82) is 0 Å². The highest BCUT2D eigenvalue weighted by Crippen LogP contribution is 2.18. The molecule has 0 saturated carbocycles. The Hall–Kier alpha value is 0.657. The summed E-state index contributed by atoms with van der Waals surface area (Å²) in [6.45, 7) is 6.33. The van der Waals surface area contributed by atoms with Gasteiger partial charge in [0.1, 0.15) is 0 Å². The zero-order valence-corrected chi connectivity index (χ0v) is 14.6. The van der Waals surface area contributed by atoms with Crippen molar-refractivity contribution in [2.24, 2.45) is 0 Å². The molecular weight excluding hydrogens is 292 g/mol. The predicted molar refractivity (Wildman–Crippen MR) is 84.4 cm³/mol. The second kappa shape index (κ2) is 10.6. The van der Waals surface area contributed by atoms with Crippen molar-refractivity contribution in [1.82, 2.24) is 0 Å². The molecule has 0 fully saturated rings. The van der Waals surface area contributed by atoms with E-state index in [1.807, 2.05) is 13.1 Å². The van der Waals surface area contributed by atoms with E-state index >= 15 is 0 Å². The molecule has 0 radical (unpaired) electrons. The van der Waals surface area contributed by atoms with Gasteiger partial charge in [-0.1, -0.05) is 67.8 Å². The maximum Gasteiger partial charge on any atom is 0.182 e. The Morgan fingerprint density at radius 3 is 2.06 bits per heavy atom. The lowest BCUT2D eigenvalue weighted by atomic mass is 10.1. The minimum atomic E-state index is -1.77. The van der Waals surface area contributed by atoms with Crippen LogP contribution in [-0.4, -0.2) is 17.9 Å². The summed E-state index contributed by atoms with van der Waals surface area (Å²) < 4.78 is 0. The Morgan fingerprint density at radius 2 is 1.47 bits per heavy atom. The molecule has 0 saturated heterocycles. The monoisotopic (exact) mass is 322 g/mol. The number of hydrogen-bond acceptors (Lipinski definition) is 1. The van der Waals surface area contributed by atoms with Crippen LogP contribution in [0, 0.1) is 0 Å². The standard InChI is InChI=1S/C14H31BrOSi/c1-4-5-11-14(15)12-9-7-6-8-10-13-17(2,3)16/h14,16H,4-13H2,1-3H3. The lowest BCUT2D eigenvalue weighted by Crippen LogP contribution is -2.23. The minimum Gasteiger partial charge on any atom is -0.432 e. The SMILES string of the molecule is CCCCC(Br)CCCCCCC[Si](C)(C)O. The van der Waals surface area contributed by atoms with Gasteiger partial charge in [-0.25, -0.2) is 0 Å². The van der Waals surface area contributed by atoms with E-state index < -0.39 is 8.32 Å². The third kappa shape index (κ3) is 14.6. The Balaban J connectivity index is 3.18. The lowest BCUT2D eigenvalue weighted by molar-refractivity contribution is 0.532. The summed E-state index contributed by atoms with van der Waals surface area (Å²) in [6, 6.07) is 1.07. The molecule has 0 rings (SSSR count). The summed E-state index contributed by atoms with van der Waals surface area (Å²) in [7, 11) is -1.77. The van der Waals surface area contributed by atoms with Crippen LogP contribution in [0.3, 0.4) is 0 Å². The van der Waals surface area contributed by atoms with Crippen molar-refractivity contribution >= 4 is 24.2 Å². The van der Waals surface area contributed by atoms with Gasteiger partial charge >= 0.3 is 0 Å². The smallest absolute Gasteiger partial charge is 0.182 e. The van der Waals surface area contributed by atoms with Gasteiger partial charge in [0.2, 0.25) is 0 Å². The summed E-state index contributed by atoms with van der Waals surface area (Å²) in [5, 5.41) is 0.